The van der Waals surface area contributed by atoms with E-state index in [-0.39, 0.29) is 0 Å². The first-order chi connectivity index (χ1) is 12.3. The van der Waals surface area contributed by atoms with Crippen LogP contribution >= 0.6 is 11.3 Å². The predicted molar refractivity (Wildman–Crippen MR) is 104 cm³/mol. The van der Waals surface area contributed by atoms with Crippen LogP contribution < -0.4 is 4.90 Å². The number of nitrogens with zero attached hydrogens (tertiary/aromatic N) is 4. The molecule has 0 spiro atoms. The van der Waals surface area contributed by atoms with Crippen molar-refractivity contribution in [3.05, 3.63) is 48.4 Å². The Balaban J connectivity index is 1.78. The molecule has 4 aromatic rings. The van der Waals surface area contributed by atoms with Crippen molar-refractivity contribution < 1.29 is 0 Å². The Kier molecular flexibility index (Phi) is 4.19. The van der Waals surface area contributed by atoms with Gasteiger partial charge in [-0.3, -0.25) is 4.98 Å². The van der Waals surface area contributed by atoms with Gasteiger partial charge in [-0.1, -0.05) is 6.07 Å². The van der Waals surface area contributed by atoms with E-state index in [0.29, 0.717) is 0 Å². The van der Waals surface area contributed by atoms with Gasteiger partial charge in [0.1, 0.15) is 5.65 Å². The normalized spacial score (nSPS) is 11.1. The smallest absolute Gasteiger partial charge is 0.185 e. The van der Waals surface area contributed by atoms with Crippen molar-refractivity contribution in [1.82, 2.24) is 19.9 Å². The van der Waals surface area contributed by atoms with Gasteiger partial charge in [-0.15, -0.1) is 11.3 Å². The number of nitrogens with one attached hydrogen (secondary N) is 1. The molecule has 0 aliphatic heterocycles. The van der Waals surface area contributed by atoms with Crippen LogP contribution in [0.2, 0.25) is 0 Å². The molecule has 0 radical (unpaired) electrons. The van der Waals surface area contributed by atoms with Crippen LogP contribution in [0.1, 0.15) is 13.8 Å². The van der Waals surface area contributed by atoms with Gasteiger partial charge in [-0.05, 0) is 26.0 Å². The van der Waals surface area contributed by atoms with E-state index in [0.717, 1.165) is 51.6 Å². The van der Waals surface area contributed by atoms with Crippen LogP contribution in [0, 0.1) is 0 Å². The van der Waals surface area contributed by atoms with Crippen LogP contribution in [0.25, 0.3) is 33.4 Å². The van der Waals surface area contributed by atoms with Gasteiger partial charge in [0.05, 0.1) is 5.69 Å². The molecular formula is C19H19N5S. The van der Waals surface area contributed by atoms with Crippen molar-refractivity contribution in [3.8, 4) is 22.4 Å². The van der Waals surface area contributed by atoms with E-state index in [9.17, 15) is 0 Å². The first-order valence-electron chi connectivity index (χ1n) is 8.38. The quantitative estimate of drug-likeness (QED) is 0.572. The van der Waals surface area contributed by atoms with E-state index in [1.807, 2.05) is 30.7 Å². The number of rotatable bonds is 5. The van der Waals surface area contributed by atoms with Crippen LogP contribution in [0.15, 0.2) is 48.4 Å². The summed E-state index contributed by atoms with van der Waals surface area (Å²) in [7, 11) is 0. The van der Waals surface area contributed by atoms with Gasteiger partial charge < -0.3 is 9.88 Å². The number of H-pyrrole nitrogens is 1. The zero-order chi connectivity index (χ0) is 17.2. The van der Waals surface area contributed by atoms with Gasteiger partial charge in [-0.2, -0.15) is 0 Å². The summed E-state index contributed by atoms with van der Waals surface area (Å²) in [6.45, 7) is 6.23. The minimum atomic E-state index is 0.875. The molecule has 0 aliphatic carbocycles. The summed E-state index contributed by atoms with van der Waals surface area (Å²) in [6, 6.07) is 6.14. The lowest BCUT2D eigenvalue weighted by Gasteiger charge is -2.16. The van der Waals surface area contributed by atoms with Gasteiger partial charge in [0, 0.05) is 65.3 Å². The third kappa shape index (κ3) is 2.89. The second-order valence-corrected chi connectivity index (χ2v) is 6.59. The van der Waals surface area contributed by atoms with Crippen molar-refractivity contribution in [2.75, 3.05) is 18.0 Å². The van der Waals surface area contributed by atoms with Crippen LogP contribution in [0.4, 0.5) is 5.13 Å². The number of hydrogen-bond acceptors (Lipinski definition) is 5. The number of aromatic nitrogens is 4. The minimum Gasteiger partial charge on any atom is -0.349 e. The van der Waals surface area contributed by atoms with Gasteiger partial charge in [0.25, 0.3) is 0 Å². The number of hydrogen-bond donors (Lipinski definition) is 1. The Hall–Kier alpha value is -2.73. The molecule has 0 saturated carbocycles. The maximum Gasteiger partial charge on any atom is 0.185 e. The summed E-state index contributed by atoms with van der Waals surface area (Å²) >= 11 is 1.68. The van der Waals surface area contributed by atoms with Crippen molar-refractivity contribution >= 4 is 27.5 Å². The molecule has 6 heteroatoms. The summed E-state index contributed by atoms with van der Waals surface area (Å²) in [6.07, 6.45) is 7.51. The standard InChI is InChI=1S/C19H19N5S/c1-3-24(4-2)19-23-17(12-25-19)16-11-22-18-15(16)8-14(10-21-18)13-6-5-7-20-9-13/h5-12H,3-4H2,1-2H3,(H,21,22). The zero-order valence-corrected chi connectivity index (χ0v) is 15.0. The topological polar surface area (TPSA) is 57.7 Å². The van der Waals surface area contributed by atoms with E-state index in [4.69, 9.17) is 4.98 Å². The molecule has 0 aliphatic rings. The summed E-state index contributed by atoms with van der Waals surface area (Å²) in [5, 5.41) is 4.26. The number of thiazole rings is 1. The molecule has 4 rings (SSSR count). The Morgan fingerprint density at radius 2 is 2.04 bits per heavy atom. The molecule has 25 heavy (non-hydrogen) atoms. The van der Waals surface area contributed by atoms with E-state index in [1.165, 1.54) is 0 Å². The summed E-state index contributed by atoms with van der Waals surface area (Å²) < 4.78 is 0. The van der Waals surface area contributed by atoms with E-state index >= 15 is 0 Å². The third-order valence-electron chi connectivity index (χ3n) is 4.33. The van der Waals surface area contributed by atoms with Crippen molar-refractivity contribution in [3.63, 3.8) is 0 Å². The van der Waals surface area contributed by atoms with Crippen molar-refractivity contribution in [1.29, 1.82) is 0 Å². The highest BCUT2D eigenvalue weighted by Gasteiger charge is 2.14. The fourth-order valence-corrected chi connectivity index (χ4v) is 3.89. The maximum absolute atomic E-state index is 4.83. The first-order valence-corrected chi connectivity index (χ1v) is 9.26. The molecular weight excluding hydrogens is 330 g/mol. The number of aromatic amines is 1. The highest BCUT2D eigenvalue weighted by atomic mass is 32.1. The maximum atomic E-state index is 4.83. The Labute approximate surface area is 150 Å². The van der Waals surface area contributed by atoms with Gasteiger partial charge >= 0.3 is 0 Å². The Morgan fingerprint density at radius 1 is 1.16 bits per heavy atom. The Morgan fingerprint density at radius 3 is 2.80 bits per heavy atom. The summed E-state index contributed by atoms with van der Waals surface area (Å²) in [5.41, 5.74) is 5.07. The summed E-state index contributed by atoms with van der Waals surface area (Å²) in [4.78, 5) is 19.1. The molecule has 0 fully saturated rings. The monoisotopic (exact) mass is 349 g/mol. The van der Waals surface area contributed by atoms with Crippen LogP contribution in [0.3, 0.4) is 0 Å². The SMILES string of the molecule is CCN(CC)c1nc(-c2c[nH]c3ncc(-c4cccnc4)cc23)cs1. The molecule has 0 amide bonds. The van der Waals surface area contributed by atoms with Gasteiger partial charge in [-0.25, -0.2) is 9.97 Å². The lowest BCUT2D eigenvalue weighted by molar-refractivity contribution is 0.860. The number of anilines is 1. The second kappa shape index (κ2) is 6.64. The molecule has 1 N–H and O–H groups in total. The number of fused-ring (bicyclic) bond motifs is 1. The molecule has 5 nitrogen and oxygen atoms in total. The number of pyridine rings is 2. The fourth-order valence-electron chi connectivity index (χ4n) is 2.93. The predicted octanol–water partition coefficient (Wildman–Crippen LogP) is 4.59. The fraction of sp³-hybridized carbons (Fsp3) is 0.211. The van der Waals surface area contributed by atoms with Gasteiger partial charge in [0.15, 0.2) is 5.13 Å². The van der Waals surface area contributed by atoms with E-state index < -0.39 is 0 Å². The second-order valence-electron chi connectivity index (χ2n) is 5.75. The zero-order valence-electron chi connectivity index (χ0n) is 14.2. The lowest BCUT2D eigenvalue weighted by Crippen LogP contribution is -2.21. The van der Waals surface area contributed by atoms with Gasteiger partial charge in [0.2, 0.25) is 0 Å². The molecule has 0 aromatic carbocycles. The van der Waals surface area contributed by atoms with Crippen LogP contribution in [-0.2, 0) is 0 Å². The lowest BCUT2D eigenvalue weighted by atomic mass is 10.1. The highest BCUT2D eigenvalue weighted by molar-refractivity contribution is 7.14. The van der Waals surface area contributed by atoms with E-state index in [2.05, 4.69) is 45.1 Å². The van der Waals surface area contributed by atoms with Crippen LogP contribution in [0.5, 0.6) is 0 Å². The van der Waals surface area contributed by atoms with Crippen molar-refractivity contribution in [2.24, 2.45) is 0 Å². The van der Waals surface area contributed by atoms with E-state index in [1.54, 1.807) is 17.5 Å². The molecule has 4 aromatic heterocycles. The van der Waals surface area contributed by atoms with Crippen molar-refractivity contribution in [2.45, 2.75) is 13.8 Å². The molecule has 126 valence electrons. The molecule has 0 bridgehead atoms. The molecule has 0 unspecified atom stereocenters. The first kappa shape index (κ1) is 15.8. The average molecular weight is 349 g/mol. The third-order valence-corrected chi connectivity index (χ3v) is 5.23. The largest absolute Gasteiger partial charge is 0.349 e. The Bertz CT molecular complexity index is 985. The van der Waals surface area contributed by atoms with Crippen LogP contribution in [-0.4, -0.2) is 33.0 Å². The minimum absolute atomic E-state index is 0.875. The molecule has 0 saturated heterocycles. The average Bonchev–Trinajstić information content (AvgIpc) is 3.30. The summed E-state index contributed by atoms with van der Waals surface area (Å²) in [5.74, 6) is 0. The molecule has 0 atom stereocenters. The highest BCUT2D eigenvalue weighted by Crippen LogP contribution is 2.33. The molecule has 4 heterocycles.